The molecule has 1 aliphatic heterocycles. The van der Waals surface area contributed by atoms with Crippen molar-refractivity contribution >= 4 is 23.3 Å². The van der Waals surface area contributed by atoms with Crippen LogP contribution in [-0.4, -0.2) is 54.8 Å². The molecule has 9 heteroatoms. The molecule has 2 unspecified atom stereocenters. The Morgan fingerprint density at radius 2 is 2.20 bits per heavy atom. The van der Waals surface area contributed by atoms with Crippen molar-refractivity contribution in [3.8, 4) is 0 Å². The highest BCUT2D eigenvalue weighted by Gasteiger charge is 2.43. The summed E-state index contributed by atoms with van der Waals surface area (Å²) < 4.78 is 19.9. The van der Waals surface area contributed by atoms with Gasteiger partial charge in [-0.15, -0.1) is 0 Å². The Morgan fingerprint density at radius 1 is 1.45 bits per heavy atom. The van der Waals surface area contributed by atoms with Crippen molar-refractivity contribution in [3.05, 3.63) is 23.0 Å². The number of aromatic nitrogens is 3. The Bertz CT molecular complexity index is 703. The maximum absolute atomic E-state index is 13.1. The van der Waals surface area contributed by atoms with Crippen molar-refractivity contribution in [2.24, 2.45) is 0 Å². The Balaban J connectivity index is 2.06. The van der Waals surface area contributed by atoms with Crippen LogP contribution in [-0.2, 0) is 4.74 Å². The molecule has 3 rings (SSSR count). The number of hydrogen-bond acceptors (Lipinski definition) is 6. The molecule has 7 nitrogen and oxygen atoms in total. The Morgan fingerprint density at radius 3 is 2.85 bits per heavy atom. The lowest BCUT2D eigenvalue weighted by Gasteiger charge is -2.18. The molecule has 0 spiro atoms. The molecule has 4 N–H and O–H groups in total. The molecule has 1 aliphatic rings. The molecule has 1 saturated heterocycles. The molecule has 2 aromatic rings. The van der Waals surface area contributed by atoms with Crippen LogP contribution in [0.3, 0.4) is 0 Å². The zero-order chi connectivity index (χ0) is 14.4. The topological polar surface area (TPSA) is 104 Å². The molecule has 0 bridgehead atoms. The fourth-order valence-electron chi connectivity index (χ4n) is 2.27. The van der Waals surface area contributed by atoms with Gasteiger partial charge in [0.25, 0.3) is 0 Å². The second-order valence-corrected chi connectivity index (χ2v) is 4.95. The van der Waals surface area contributed by atoms with E-state index in [1.807, 2.05) is 0 Å². The minimum absolute atomic E-state index is 0.0641. The lowest BCUT2D eigenvalue weighted by atomic mass is 10.1. The number of aromatic amines is 1. The van der Waals surface area contributed by atoms with Crippen molar-refractivity contribution in [2.75, 3.05) is 6.61 Å². The van der Waals surface area contributed by atoms with Gasteiger partial charge >= 0.3 is 0 Å². The zero-order valence-corrected chi connectivity index (χ0v) is 10.9. The van der Waals surface area contributed by atoms with E-state index in [-0.39, 0.29) is 10.4 Å². The molecular weight excluding hydrogens is 289 g/mol. The van der Waals surface area contributed by atoms with Crippen LogP contribution in [0.1, 0.15) is 6.23 Å². The van der Waals surface area contributed by atoms with Crippen molar-refractivity contribution in [3.63, 3.8) is 0 Å². The van der Waals surface area contributed by atoms with E-state index in [9.17, 15) is 14.6 Å². The third-order valence-electron chi connectivity index (χ3n) is 3.29. The summed E-state index contributed by atoms with van der Waals surface area (Å²) in [5.41, 5.74) is 0.287. The average molecular weight is 301 g/mol. The number of nitrogens with zero attached hydrogens (tertiary/aromatic N) is 2. The molecule has 2 aromatic heterocycles. The summed E-state index contributed by atoms with van der Waals surface area (Å²) in [6.45, 7) is -0.434. The number of aliphatic hydroxyl groups is 3. The van der Waals surface area contributed by atoms with Gasteiger partial charge in [-0.05, 0) is 12.2 Å². The molecule has 4 atom stereocenters. The second kappa shape index (κ2) is 4.86. The van der Waals surface area contributed by atoms with Crippen molar-refractivity contribution in [1.82, 2.24) is 14.5 Å². The normalized spacial score (nSPS) is 30.2. The van der Waals surface area contributed by atoms with E-state index in [1.54, 1.807) is 0 Å². The molecule has 3 heterocycles. The van der Waals surface area contributed by atoms with Crippen LogP contribution in [0.25, 0.3) is 11.0 Å². The summed E-state index contributed by atoms with van der Waals surface area (Å²) in [5, 5.41) is 29.2. The summed E-state index contributed by atoms with van der Waals surface area (Å²) in [6, 6.07) is 1.23. The Hall–Kier alpha value is -1.39. The summed E-state index contributed by atoms with van der Waals surface area (Å²) in [4.78, 5) is 6.40. The van der Waals surface area contributed by atoms with Gasteiger partial charge in [-0.2, -0.15) is 4.39 Å². The fourth-order valence-corrected chi connectivity index (χ4v) is 2.52. The summed E-state index contributed by atoms with van der Waals surface area (Å²) in [5.74, 6) is -0.555. The van der Waals surface area contributed by atoms with Gasteiger partial charge in [0.05, 0.1) is 6.61 Å². The van der Waals surface area contributed by atoms with Gasteiger partial charge in [0.1, 0.15) is 24.0 Å². The molecule has 0 saturated carbocycles. The predicted molar refractivity (Wildman–Crippen MR) is 67.9 cm³/mol. The number of H-pyrrole nitrogens is 1. The van der Waals surface area contributed by atoms with Gasteiger partial charge in [-0.1, -0.05) is 0 Å². The van der Waals surface area contributed by atoms with E-state index in [0.717, 1.165) is 0 Å². The fraction of sp³-hybridized carbons (Fsp3) is 0.455. The van der Waals surface area contributed by atoms with Crippen LogP contribution >= 0.6 is 12.2 Å². The first-order valence-electron chi connectivity index (χ1n) is 5.91. The van der Waals surface area contributed by atoms with E-state index >= 15 is 0 Å². The first-order valence-corrected chi connectivity index (χ1v) is 6.32. The SMILES string of the molecule is OC[C@H]1O[C@@H](n2cc3cc(F)[nH]c3nc2=S)C(O)C1O. The quantitative estimate of drug-likeness (QED) is 0.575. The van der Waals surface area contributed by atoms with Gasteiger partial charge in [0.2, 0.25) is 4.77 Å². The summed E-state index contributed by atoms with van der Waals surface area (Å²) >= 11 is 5.07. The number of hydrogen-bond donors (Lipinski definition) is 4. The van der Waals surface area contributed by atoms with E-state index < -0.39 is 37.1 Å². The molecule has 0 aliphatic carbocycles. The molecular formula is C11H12FN3O4S. The molecule has 1 fully saturated rings. The van der Waals surface area contributed by atoms with Gasteiger partial charge in [0.15, 0.2) is 12.2 Å². The standard InChI is InChI=1S/C11H12FN3O4S/c12-6-1-4-2-15(11(20)14-9(4)13-6)10-8(18)7(17)5(3-16)19-10/h1-2,5,7-8,10,16-18H,3H2,(H,13,14,20)/t5-,7?,8?,10-/m1/s1. The molecule has 0 aromatic carbocycles. The summed E-state index contributed by atoms with van der Waals surface area (Å²) in [7, 11) is 0. The average Bonchev–Trinajstić information content (AvgIpc) is 2.89. The Labute approximate surface area is 117 Å². The van der Waals surface area contributed by atoms with Crippen LogP contribution in [0.15, 0.2) is 12.3 Å². The van der Waals surface area contributed by atoms with E-state index in [1.165, 1.54) is 16.8 Å². The van der Waals surface area contributed by atoms with Gasteiger partial charge in [-0.3, -0.25) is 4.57 Å². The van der Waals surface area contributed by atoms with E-state index in [4.69, 9.17) is 22.1 Å². The van der Waals surface area contributed by atoms with Gasteiger partial charge in [0, 0.05) is 17.6 Å². The van der Waals surface area contributed by atoms with Crippen LogP contribution in [0.5, 0.6) is 0 Å². The number of fused-ring (bicyclic) bond motifs is 1. The minimum atomic E-state index is -1.26. The number of aliphatic hydroxyl groups excluding tert-OH is 3. The van der Waals surface area contributed by atoms with Gasteiger partial charge < -0.3 is 25.0 Å². The van der Waals surface area contributed by atoms with Crippen LogP contribution < -0.4 is 0 Å². The molecule has 108 valence electrons. The lowest BCUT2D eigenvalue weighted by Crippen LogP contribution is -2.33. The van der Waals surface area contributed by atoms with Crippen molar-refractivity contribution < 1.29 is 24.4 Å². The van der Waals surface area contributed by atoms with E-state index in [2.05, 4.69) is 9.97 Å². The van der Waals surface area contributed by atoms with Crippen molar-refractivity contribution in [1.29, 1.82) is 0 Å². The maximum Gasteiger partial charge on any atom is 0.203 e. The Kier molecular flexibility index (Phi) is 3.30. The third kappa shape index (κ3) is 2.03. The molecule has 0 radical (unpaired) electrons. The minimum Gasteiger partial charge on any atom is -0.394 e. The van der Waals surface area contributed by atoms with Crippen molar-refractivity contribution in [2.45, 2.75) is 24.5 Å². The number of nitrogens with one attached hydrogen (secondary N) is 1. The number of rotatable bonds is 2. The molecule has 0 amide bonds. The first-order chi connectivity index (χ1) is 9.51. The largest absolute Gasteiger partial charge is 0.394 e. The highest BCUT2D eigenvalue weighted by molar-refractivity contribution is 7.71. The van der Waals surface area contributed by atoms with Crippen LogP contribution in [0.4, 0.5) is 4.39 Å². The van der Waals surface area contributed by atoms with Crippen LogP contribution in [0.2, 0.25) is 0 Å². The van der Waals surface area contributed by atoms with Gasteiger partial charge in [-0.25, -0.2) is 4.98 Å². The maximum atomic E-state index is 13.1. The van der Waals surface area contributed by atoms with Crippen LogP contribution in [0, 0.1) is 10.7 Å². The zero-order valence-electron chi connectivity index (χ0n) is 10.1. The second-order valence-electron chi connectivity index (χ2n) is 4.58. The highest BCUT2D eigenvalue weighted by Crippen LogP contribution is 2.30. The highest BCUT2D eigenvalue weighted by atomic mass is 32.1. The number of halogens is 1. The monoisotopic (exact) mass is 301 g/mol. The molecule has 20 heavy (non-hydrogen) atoms. The third-order valence-corrected chi connectivity index (χ3v) is 3.59. The lowest BCUT2D eigenvalue weighted by molar-refractivity contribution is -0.0538. The smallest absolute Gasteiger partial charge is 0.203 e. The van der Waals surface area contributed by atoms with E-state index in [0.29, 0.717) is 5.39 Å². The number of ether oxygens (including phenoxy) is 1. The summed E-state index contributed by atoms with van der Waals surface area (Å²) in [6.07, 6.45) is -2.91. The predicted octanol–water partition coefficient (Wildman–Crippen LogP) is -0.156. The first kappa shape index (κ1) is 13.6.